The summed E-state index contributed by atoms with van der Waals surface area (Å²) >= 11 is 0. The molecule has 1 atom stereocenters. The molecule has 0 aliphatic rings. The Morgan fingerprint density at radius 1 is 0.857 bits per heavy atom. The smallest absolute Gasteiger partial charge is 0.321 e. The molecule has 0 spiro atoms. The van der Waals surface area contributed by atoms with Crippen LogP contribution in [0.25, 0.3) is 0 Å². The SMILES string of the molecule is Cc1ccc(NC(=O)[C@](F)(OC(F)(F)C(F)(F)C(F)(F)F)C(F)(F)F)c(C)c1. The van der Waals surface area contributed by atoms with Crippen LogP contribution < -0.4 is 5.32 Å². The number of alkyl halides is 11. The van der Waals surface area contributed by atoms with Gasteiger partial charge in [0.1, 0.15) is 0 Å². The van der Waals surface area contributed by atoms with Crippen LogP contribution in [0.15, 0.2) is 18.2 Å². The van der Waals surface area contributed by atoms with Gasteiger partial charge in [0.2, 0.25) is 0 Å². The third kappa shape index (κ3) is 4.31. The van der Waals surface area contributed by atoms with Crippen molar-refractivity contribution in [2.45, 2.75) is 44.1 Å². The van der Waals surface area contributed by atoms with Crippen molar-refractivity contribution in [3.63, 3.8) is 0 Å². The number of amides is 1. The first-order valence-corrected chi connectivity index (χ1v) is 6.93. The van der Waals surface area contributed by atoms with Crippen LogP contribution in [0.2, 0.25) is 0 Å². The van der Waals surface area contributed by atoms with Crippen molar-refractivity contribution in [3.8, 4) is 0 Å². The van der Waals surface area contributed by atoms with Gasteiger partial charge in [-0.05, 0) is 25.5 Å². The standard InChI is InChI=1S/C14H10F11NO2/c1-6-3-4-8(7(2)5-6)26-9(27)10(15,12(18,19)20)28-14(24,25)11(16,17)13(21,22)23/h3-5H,1-2H3,(H,26,27)/t10-/m0/s1. The minimum absolute atomic E-state index is 0.00487. The van der Waals surface area contributed by atoms with Crippen molar-refractivity contribution in [2.24, 2.45) is 0 Å². The van der Waals surface area contributed by atoms with Crippen LogP contribution in [0.4, 0.5) is 54.0 Å². The number of ether oxygens (including phenoxy) is 1. The predicted molar refractivity (Wildman–Crippen MR) is 71.5 cm³/mol. The lowest BCUT2D eigenvalue weighted by Gasteiger charge is -2.34. The molecule has 1 aromatic rings. The monoisotopic (exact) mass is 433 g/mol. The topological polar surface area (TPSA) is 38.3 Å². The van der Waals surface area contributed by atoms with Crippen molar-refractivity contribution < 1.29 is 57.8 Å². The second-order valence-electron chi connectivity index (χ2n) is 5.56. The minimum Gasteiger partial charge on any atom is -0.321 e. The van der Waals surface area contributed by atoms with Crippen molar-refractivity contribution in [1.29, 1.82) is 0 Å². The molecule has 28 heavy (non-hydrogen) atoms. The Labute approximate surface area is 149 Å². The number of halogens is 11. The zero-order chi connectivity index (χ0) is 22.3. The van der Waals surface area contributed by atoms with E-state index in [-0.39, 0.29) is 5.56 Å². The maximum absolute atomic E-state index is 14.1. The molecule has 0 bridgehead atoms. The summed E-state index contributed by atoms with van der Waals surface area (Å²) in [5.74, 6) is -16.5. The van der Waals surface area contributed by atoms with E-state index in [1.165, 1.54) is 31.3 Å². The maximum Gasteiger partial charge on any atom is 0.462 e. The van der Waals surface area contributed by atoms with E-state index >= 15 is 0 Å². The van der Waals surface area contributed by atoms with Crippen LogP contribution in [0.1, 0.15) is 11.1 Å². The lowest BCUT2D eigenvalue weighted by atomic mass is 10.1. The number of carbonyl (C=O) groups is 1. The van der Waals surface area contributed by atoms with Gasteiger partial charge in [0, 0.05) is 5.69 Å². The number of hydrogen-bond donors (Lipinski definition) is 1. The summed E-state index contributed by atoms with van der Waals surface area (Å²) in [7, 11) is 0. The molecule has 0 aliphatic carbocycles. The average molecular weight is 433 g/mol. The van der Waals surface area contributed by atoms with Crippen LogP contribution in [0, 0.1) is 13.8 Å². The molecule has 1 amide bonds. The third-order valence-corrected chi connectivity index (χ3v) is 3.28. The van der Waals surface area contributed by atoms with Gasteiger partial charge in [-0.3, -0.25) is 9.53 Å². The fourth-order valence-corrected chi connectivity index (χ4v) is 1.80. The van der Waals surface area contributed by atoms with E-state index in [4.69, 9.17) is 0 Å². The fourth-order valence-electron chi connectivity index (χ4n) is 1.80. The van der Waals surface area contributed by atoms with E-state index in [9.17, 15) is 53.1 Å². The Morgan fingerprint density at radius 2 is 1.36 bits per heavy atom. The molecule has 0 unspecified atom stereocenters. The molecule has 0 fully saturated rings. The third-order valence-electron chi connectivity index (χ3n) is 3.28. The van der Waals surface area contributed by atoms with Crippen molar-refractivity contribution in [3.05, 3.63) is 29.3 Å². The number of carbonyl (C=O) groups excluding carboxylic acids is 1. The summed E-state index contributed by atoms with van der Waals surface area (Å²) in [5.41, 5.74) is -0.0351. The number of benzene rings is 1. The van der Waals surface area contributed by atoms with Crippen molar-refractivity contribution in [2.75, 3.05) is 5.32 Å². The Balaban J connectivity index is 3.34. The molecular formula is C14H10F11NO2. The van der Waals surface area contributed by atoms with Gasteiger partial charge in [-0.2, -0.15) is 48.3 Å². The molecule has 0 radical (unpaired) electrons. The van der Waals surface area contributed by atoms with Crippen LogP contribution in [-0.4, -0.2) is 36.1 Å². The van der Waals surface area contributed by atoms with Gasteiger partial charge in [-0.25, -0.2) is 0 Å². The Kier molecular flexibility index (Phi) is 6.02. The van der Waals surface area contributed by atoms with E-state index in [1.807, 2.05) is 0 Å². The van der Waals surface area contributed by atoms with Gasteiger partial charge in [0.15, 0.2) is 0 Å². The highest BCUT2D eigenvalue weighted by Gasteiger charge is 2.79. The molecular weight excluding hydrogens is 423 g/mol. The summed E-state index contributed by atoms with van der Waals surface area (Å²) < 4.78 is 143. The number of aryl methyl sites for hydroxylation is 2. The maximum atomic E-state index is 14.1. The molecule has 1 rings (SSSR count). The summed E-state index contributed by atoms with van der Waals surface area (Å²) in [6, 6.07) is 3.38. The fraction of sp³-hybridized carbons (Fsp3) is 0.500. The highest BCUT2D eigenvalue weighted by atomic mass is 19.4. The molecule has 1 N–H and O–H groups in total. The minimum atomic E-state index is -7.23. The summed E-state index contributed by atoms with van der Waals surface area (Å²) in [6.45, 7) is 2.71. The average Bonchev–Trinajstić information content (AvgIpc) is 2.46. The molecule has 0 saturated heterocycles. The van der Waals surface area contributed by atoms with Crippen molar-refractivity contribution in [1.82, 2.24) is 0 Å². The number of rotatable bonds is 5. The second-order valence-corrected chi connectivity index (χ2v) is 5.56. The van der Waals surface area contributed by atoms with Crippen LogP contribution in [-0.2, 0) is 9.53 Å². The van der Waals surface area contributed by atoms with Crippen LogP contribution in [0.5, 0.6) is 0 Å². The van der Waals surface area contributed by atoms with Gasteiger partial charge in [-0.15, -0.1) is 0 Å². The van der Waals surface area contributed by atoms with E-state index in [2.05, 4.69) is 4.74 Å². The first-order valence-electron chi connectivity index (χ1n) is 6.93. The molecule has 0 aliphatic heterocycles. The molecule has 0 aromatic heterocycles. The molecule has 160 valence electrons. The van der Waals surface area contributed by atoms with Gasteiger partial charge >= 0.3 is 30.2 Å². The van der Waals surface area contributed by atoms with Gasteiger partial charge < -0.3 is 5.32 Å². The van der Waals surface area contributed by atoms with Crippen LogP contribution >= 0.6 is 0 Å². The molecule has 1 aromatic carbocycles. The number of hydrogen-bond acceptors (Lipinski definition) is 2. The Bertz CT molecular complexity index is 742. The summed E-state index contributed by atoms with van der Waals surface area (Å²) in [4.78, 5) is 11.6. The second kappa shape index (κ2) is 7.04. The van der Waals surface area contributed by atoms with E-state index < -0.39 is 41.8 Å². The molecule has 3 nitrogen and oxygen atoms in total. The first-order chi connectivity index (χ1) is 12.3. The molecule has 0 heterocycles. The normalized spacial score (nSPS) is 15.9. The summed E-state index contributed by atoms with van der Waals surface area (Å²) in [5, 5.41) is 1.18. The number of nitrogens with one attached hydrogen (secondary N) is 1. The largest absolute Gasteiger partial charge is 0.462 e. The van der Waals surface area contributed by atoms with Gasteiger partial charge in [0.05, 0.1) is 0 Å². The van der Waals surface area contributed by atoms with E-state index in [1.54, 1.807) is 0 Å². The first kappa shape index (κ1) is 23.9. The Hall–Kier alpha value is -2.12. The summed E-state index contributed by atoms with van der Waals surface area (Å²) in [6.07, 6.45) is -20.9. The molecule has 14 heteroatoms. The van der Waals surface area contributed by atoms with Crippen molar-refractivity contribution >= 4 is 11.6 Å². The van der Waals surface area contributed by atoms with Crippen LogP contribution in [0.3, 0.4) is 0 Å². The highest BCUT2D eigenvalue weighted by Crippen LogP contribution is 2.51. The van der Waals surface area contributed by atoms with E-state index in [0.29, 0.717) is 5.56 Å². The number of anilines is 1. The van der Waals surface area contributed by atoms with Gasteiger partial charge in [0.25, 0.3) is 5.91 Å². The lowest BCUT2D eigenvalue weighted by molar-refractivity contribution is -0.472. The van der Waals surface area contributed by atoms with Gasteiger partial charge in [-0.1, -0.05) is 17.7 Å². The zero-order valence-electron chi connectivity index (χ0n) is 13.7. The lowest BCUT2D eigenvalue weighted by Crippen LogP contribution is -2.62. The zero-order valence-corrected chi connectivity index (χ0v) is 13.7. The van der Waals surface area contributed by atoms with E-state index in [0.717, 1.165) is 6.07 Å². The Morgan fingerprint density at radius 3 is 1.75 bits per heavy atom. The quantitative estimate of drug-likeness (QED) is 0.643. The highest BCUT2D eigenvalue weighted by molar-refractivity contribution is 5.97. The predicted octanol–water partition coefficient (Wildman–Crippen LogP) is 5.28. The molecule has 0 saturated carbocycles.